The van der Waals surface area contributed by atoms with E-state index in [9.17, 15) is 14.1 Å². The van der Waals surface area contributed by atoms with Gasteiger partial charge in [0.05, 0.1) is 22.8 Å². The van der Waals surface area contributed by atoms with E-state index in [1.165, 1.54) is 30.3 Å². The highest BCUT2D eigenvalue weighted by Crippen LogP contribution is 2.27. The second kappa shape index (κ2) is 9.55. The maximum atomic E-state index is 15.3. The van der Waals surface area contributed by atoms with Gasteiger partial charge in [0.15, 0.2) is 11.6 Å². The van der Waals surface area contributed by atoms with Crippen LogP contribution in [-0.2, 0) is 0 Å². The van der Waals surface area contributed by atoms with Crippen molar-refractivity contribution in [3.8, 4) is 0 Å². The molecule has 0 atom stereocenters. The number of amides is 1. The SMILES string of the molecule is O=C(c1ccc2ncc(N3CCNCC3)nc2c1)c1cccc(N(F)C(=O)c2ccccc2)c1F. The summed E-state index contributed by atoms with van der Waals surface area (Å²) in [5, 5.41) is 2.99. The molecule has 1 aliphatic heterocycles. The molecular weight excluding hydrogens is 452 g/mol. The lowest BCUT2D eigenvalue weighted by Gasteiger charge is -2.28. The van der Waals surface area contributed by atoms with Crippen LogP contribution in [-0.4, -0.2) is 47.8 Å². The lowest BCUT2D eigenvalue weighted by atomic mass is 10.0. The number of fused-ring (bicyclic) bond motifs is 1. The standard InChI is InChI=1S/C26H21F2N5O2/c27-24-19(7-4-8-22(24)33(28)26(35)17-5-2-1-3-6-17)25(34)18-9-10-20-21(15-18)31-23(16-30-20)32-13-11-29-12-14-32/h1-10,15-16,29H,11-14H2. The van der Waals surface area contributed by atoms with Gasteiger partial charge in [0.25, 0.3) is 5.91 Å². The highest BCUT2D eigenvalue weighted by atomic mass is 19.2. The first kappa shape index (κ1) is 22.5. The van der Waals surface area contributed by atoms with Crippen molar-refractivity contribution < 1.29 is 18.5 Å². The summed E-state index contributed by atoms with van der Waals surface area (Å²) in [6, 6.07) is 16.1. The number of hydrogen-bond donors (Lipinski definition) is 1. The molecule has 1 N–H and O–H groups in total. The van der Waals surface area contributed by atoms with E-state index in [1.54, 1.807) is 36.5 Å². The molecule has 1 saturated heterocycles. The maximum absolute atomic E-state index is 15.3. The molecule has 9 heteroatoms. The van der Waals surface area contributed by atoms with E-state index in [4.69, 9.17) is 0 Å². The molecule has 0 radical (unpaired) electrons. The maximum Gasteiger partial charge on any atom is 0.286 e. The van der Waals surface area contributed by atoms with Crippen LogP contribution in [0.3, 0.4) is 0 Å². The zero-order chi connectivity index (χ0) is 24.4. The number of anilines is 2. The largest absolute Gasteiger partial charge is 0.353 e. The lowest BCUT2D eigenvalue weighted by Crippen LogP contribution is -2.43. The third-order valence-corrected chi connectivity index (χ3v) is 5.87. The van der Waals surface area contributed by atoms with Gasteiger partial charge in [-0.05, 0) is 42.5 Å². The van der Waals surface area contributed by atoms with E-state index < -0.39 is 23.2 Å². The van der Waals surface area contributed by atoms with Crippen LogP contribution in [0.1, 0.15) is 26.3 Å². The molecule has 1 aromatic heterocycles. The number of nitrogens with zero attached hydrogens (tertiary/aromatic N) is 4. The summed E-state index contributed by atoms with van der Waals surface area (Å²) in [6.45, 7) is 3.26. The quantitative estimate of drug-likeness (QED) is 0.350. The number of carbonyl (C=O) groups is 2. The summed E-state index contributed by atoms with van der Waals surface area (Å²) in [6.07, 6.45) is 1.69. The van der Waals surface area contributed by atoms with Gasteiger partial charge in [-0.25, -0.2) is 9.37 Å². The number of aromatic nitrogens is 2. The van der Waals surface area contributed by atoms with Gasteiger partial charge in [-0.2, -0.15) is 0 Å². The molecule has 0 unspecified atom stereocenters. The molecule has 1 amide bonds. The molecule has 0 spiro atoms. The first-order valence-corrected chi connectivity index (χ1v) is 11.1. The average Bonchev–Trinajstić information content (AvgIpc) is 2.92. The van der Waals surface area contributed by atoms with E-state index in [0.29, 0.717) is 16.9 Å². The Kier molecular flexibility index (Phi) is 6.15. The zero-order valence-electron chi connectivity index (χ0n) is 18.6. The average molecular weight is 473 g/mol. The Hall–Kier alpha value is -4.24. The van der Waals surface area contributed by atoms with Crippen LogP contribution in [0.4, 0.5) is 20.4 Å². The van der Waals surface area contributed by atoms with Crippen LogP contribution < -0.4 is 15.3 Å². The van der Waals surface area contributed by atoms with Crippen molar-refractivity contribution in [2.75, 3.05) is 36.2 Å². The molecule has 0 saturated carbocycles. The van der Waals surface area contributed by atoms with Gasteiger partial charge in [0, 0.05) is 37.3 Å². The fourth-order valence-corrected chi connectivity index (χ4v) is 3.99. The molecule has 0 bridgehead atoms. The van der Waals surface area contributed by atoms with Crippen LogP contribution in [0.25, 0.3) is 11.0 Å². The topological polar surface area (TPSA) is 78.4 Å². The second-order valence-corrected chi connectivity index (χ2v) is 8.09. The predicted molar refractivity (Wildman–Crippen MR) is 129 cm³/mol. The van der Waals surface area contributed by atoms with Gasteiger partial charge in [0.1, 0.15) is 11.5 Å². The van der Waals surface area contributed by atoms with Gasteiger partial charge in [-0.1, -0.05) is 28.7 Å². The Bertz CT molecular complexity index is 1410. The van der Waals surface area contributed by atoms with Gasteiger partial charge in [0.2, 0.25) is 0 Å². The summed E-state index contributed by atoms with van der Waals surface area (Å²) in [5.74, 6) is -2.11. The number of piperazine rings is 1. The first-order valence-electron chi connectivity index (χ1n) is 11.1. The summed E-state index contributed by atoms with van der Waals surface area (Å²) in [4.78, 5) is 36.8. The summed E-state index contributed by atoms with van der Waals surface area (Å²) < 4.78 is 30.1. The van der Waals surface area contributed by atoms with Crippen molar-refractivity contribution >= 4 is 34.2 Å². The number of benzene rings is 3. The molecule has 1 fully saturated rings. The Morgan fingerprint density at radius 1 is 0.914 bits per heavy atom. The molecule has 5 rings (SSSR count). The minimum Gasteiger partial charge on any atom is -0.353 e. The van der Waals surface area contributed by atoms with Gasteiger partial charge >= 0.3 is 0 Å². The van der Waals surface area contributed by atoms with Crippen molar-refractivity contribution in [2.24, 2.45) is 0 Å². The van der Waals surface area contributed by atoms with Gasteiger partial charge < -0.3 is 10.2 Å². The van der Waals surface area contributed by atoms with Crippen LogP contribution in [0.2, 0.25) is 0 Å². The number of hydrogen-bond acceptors (Lipinski definition) is 6. The van der Waals surface area contributed by atoms with E-state index in [-0.39, 0.29) is 21.8 Å². The smallest absolute Gasteiger partial charge is 0.286 e. The minimum absolute atomic E-state index is 0.0551. The van der Waals surface area contributed by atoms with Crippen LogP contribution in [0.5, 0.6) is 0 Å². The normalized spacial score (nSPS) is 13.6. The Balaban J connectivity index is 1.45. The third-order valence-electron chi connectivity index (χ3n) is 5.87. The number of halogens is 2. The Labute approximate surface area is 200 Å². The third kappa shape index (κ3) is 4.45. The first-order chi connectivity index (χ1) is 17.0. The van der Waals surface area contributed by atoms with Gasteiger partial charge in [-0.15, -0.1) is 5.12 Å². The van der Waals surface area contributed by atoms with E-state index in [1.807, 2.05) is 0 Å². The highest BCUT2D eigenvalue weighted by molar-refractivity contribution is 6.12. The molecular formula is C26H21F2N5O2. The summed E-state index contributed by atoms with van der Waals surface area (Å²) >= 11 is 0. The van der Waals surface area contributed by atoms with Crippen molar-refractivity contribution in [1.29, 1.82) is 0 Å². The second-order valence-electron chi connectivity index (χ2n) is 8.09. The van der Waals surface area contributed by atoms with E-state index in [2.05, 4.69) is 20.2 Å². The van der Waals surface area contributed by atoms with Crippen molar-refractivity contribution in [1.82, 2.24) is 15.3 Å². The number of rotatable bonds is 5. The number of ketones is 1. The monoisotopic (exact) mass is 473 g/mol. The minimum atomic E-state index is -1.12. The molecule has 4 aromatic rings. The van der Waals surface area contributed by atoms with Crippen LogP contribution >= 0.6 is 0 Å². The number of carbonyl (C=O) groups excluding carboxylic acids is 2. The summed E-state index contributed by atoms with van der Waals surface area (Å²) in [7, 11) is 0. The lowest BCUT2D eigenvalue weighted by molar-refractivity contribution is 0.0928. The molecule has 3 aromatic carbocycles. The van der Waals surface area contributed by atoms with Crippen molar-refractivity contribution in [3.05, 3.63) is 95.4 Å². The van der Waals surface area contributed by atoms with E-state index >= 15 is 4.39 Å². The van der Waals surface area contributed by atoms with Crippen molar-refractivity contribution in [3.63, 3.8) is 0 Å². The molecule has 0 aliphatic carbocycles. The van der Waals surface area contributed by atoms with Crippen LogP contribution in [0.15, 0.2) is 72.9 Å². The molecule has 176 valence electrons. The molecule has 1 aliphatic rings. The molecule has 35 heavy (non-hydrogen) atoms. The fourth-order valence-electron chi connectivity index (χ4n) is 3.99. The summed E-state index contributed by atoms with van der Waals surface area (Å²) in [5.41, 5.74) is 0.343. The fraction of sp³-hybridized carbons (Fsp3) is 0.154. The molecule has 2 heterocycles. The van der Waals surface area contributed by atoms with Crippen LogP contribution in [0, 0.1) is 5.82 Å². The predicted octanol–water partition coefficient (Wildman–Crippen LogP) is 3.94. The van der Waals surface area contributed by atoms with E-state index in [0.717, 1.165) is 32.2 Å². The number of nitrogens with one attached hydrogen (secondary N) is 1. The zero-order valence-corrected chi connectivity index (χ0v) is 18.6. The molecule has 7 nitrogen and oxygen atoms in total. The highest BCUT2D eigenvalue weighted by Gasteiger charge is 2.25. The van der Waals surface area contributed by atoms with Gasteiger partial charge in [-0.3, -0.25) is 14.6 Å². The Morgan fingerprint density at radius 2 is 1.69 bits per heavy atom. The Morgan fingerprint density at radius 3 is 2.46 bits per heavy atom. The van der Waals surface area contributed by atoms with Crippen molar-refractivity contribution in [2.45, 2.75) is 0 Å².